The molecule has 0 saturated heterocycles. The molecule has 1 aromatic heterocycles. The lowest BCUT2D eigenvalue weighted by atomic mass is 10.3. The van der Waals surface area contributed by atoms with E-state index in [0.29, 0.717) is 0 Å². The minimum absolute atomic E-state index is 0.806. The topological polar surface area (TPSA) is 37.8 Å². The van der Waals surface area contributed by atoms with Gasteiger partial charge in [0.2, 0.25) is 0 Å². The normalized spacial score (nSPS) is 9.46. The first-order valence-corrected chi connectivity index (χ1v) is 4.35. The van der Waals surface area contributed by atoms with E-state index in [0.717, 1.165) is 17.9 Å². The van der Waals surface area contributed by atoms with Crippen molar-refractivity contribution in [2.24, 2.45) is 0 Å². The van der Waals surface area contributed by atoms with Gasteiger partial charge < -0.3 is 5.32 Å². The molecule has 1 aromatic rings. The van der Waals surface area contributed by atoms with Gasteiger partial charge in [-0.1, -0.05) is 11.6 Å². The van der Waals surface area contributed by atoms with E-state index < -0.39 is 0 Å². The molecule has 0 aliphatic carbocycles. The van der Waals surface area contributed by atoms with Crippen molar-refractivity contribution in [2.45, 2.75) is 20.8 Å². The highest BCUT2D eigenvalue weighted by molar-refractivity contribution is 5.35. The van der Waals surface area contributed by atoms with Gasteiger partial charge in [0.05, 0.1) is 6.20 Å². The molecule has 0 aliphatic heterocycles. The Labute approximate surface area is 78.9 Å². The molecule has 1 rings (SSSR count). The predicted octanol–water partition coefficient (Wildman–Crippen LogP) is 2.16. The van der Waals surface area contributed by atoms with Crippen molar-refractivity contribution in [3.63, 3.8) is 0 Å². The Balaban J connectivity index is 2.50. The first-order valence-electron chi connectivity index (χ1n) is 4.35. The fourth-order valence-corrected chi connectivity index (χ4v) is 0.910. The number of aromatic nitrogens is 2. The standard InChI is InChI=1S/C10H15N3/c1-8(2)4-5-11-10-6-9(3)7-12-13-10/h4,6-7H,5H2,1-3H3,(H,11,13). The second kappa shape index (κ2) is 4.60. The van der Waals surface area contributed by atoms with E-state index in [9.17, 15) is 0 Å². The summed E-state index contributed by atoms with van der Waals surface area (Å²) >= 11 is 0. The fraction of sp³-hybridized carbons (Fsp3) is 0.400. The summed E-state index contributed by atoms with van der Waals surface area (Å²) in [7, 11) is 0. The molecule has 3 nitrogen and oxygen atoms in total. The van der Waals surface area contributed by atoms with Gasteiger partial charge in [0.25, 0.3) is 0 Å². The average molecular weight is 177 g/mol. The van der Waals surface area contributed by atoms with Crippen LogP contribution in [0, 0.1) is 6.92 Å². The molecule has 0 radical (unpaired) electrons. The number of hydrogen-bond donors (Lipinski definition) is 1. The lowest BCUT2D eigenvalue weighted by Gasteiger charge is -2.01. The summed E-state index contributed by atoms with van der Waals surface area (Å²) in [5.74, 6) is 0.831. The third-order valence-corrected chi connectivity index (χ3v) is 1.58. The lowest BCUT2D eigenvalue weighted by molar-refractivity contribution is 1.01. The fourth-order valence-electron chi connectivity index (χ4n) is 0.910. The zero-order valence-corrected chi connectivity index (χ0v) is 8.33. The van der Waals surface area contributed by atoms with Crippen molar-refractivity contribution in [1.29, 1.82) is 0 Å². The summed E-state index contributed by atoms with van der Waals surface area (Å²) in [5, 5.41) is 11.0. The predicted molar refractivity (Wildman–Crippen MR) is 54.7 cm³/mol. The number of nitrogens with zero attached hydrogens (tertiary/aromatic N) is 2. The van der Waals surface area contributed by atoms with Crippen molar-refractivity contribution >= 4 is 5.82 Å². The molecule has 0 atom stereocenters. The molecule has 13 heavy (non-hydrogen) atoms. The number of hydrogen-bond acceptors (Lipinski definition) is 3. The summed E-state index contributed by atoms with van der Waals surface area (Å²) in [6.45, 7) is 6.95. The van der Waals surface area contributed by atoms with Crippen LogP contribution >= 0.6 is 0 Å². The highest BCUT2D eigenvalue weighted by Gasteiger charge is 1.91. The van der Waals surface area contributed by atoms with Crippen LogP contribution in [0.3, 0.4) is 0 Å². The van der Waals surface area contributed by atoms with E-state index in [2.05, 4.69) is 35.4 Å². The van der Waals surface area contributed by atoms with Gasteiger partial charge >= 0.3 is 0 Å². The number of anilines is 1. The Morgan fingerprint density at radius 2 is 2.31 bits per heavy atom. The van der Waals surface area contributed by atoms with Crippen LogP contribution in [0.25, 0.3) is 0 Å². The second-order valence-electron chi connectivity index (χ2n) is 3.28. The van der Waals surface area contributed by atoms with Gasteiger partial charge in [-0.05, 0) is 32.4 Å². The third kappa shape index (κ3) is 3.69. The molecule has 0 aliphatic rings. The van der Waals surface area contributed by atoms with Crippen molar-refractivity contribution in [1.82, 2.24) is 10.2 Å². The maximum atomic E-state index is 3.95. The zero-order valence-electron chi connectivity index (χ0n) is 8.33. The average Bonchev–Trinajstić information content (AvgIpc) is 2.03. The van der Waals surface area contributed by atoms with E-state index in [1.54, 1.807) is 6.20 Å². The molecule has 0 amide bonds. The number of aryl methyl sites for hydroxylation is 1. The molecular weight excluding hydrogens is 162 g/mol. The summed E-state index contributed by atoms with van der Waals surface area (Å²) < 4.78 is 0. The van der Waals surface area contributed by atoms with Crippen LogP contribution in [0.2, 0.25) is 0 Å². The van der Waals surface area contributed by atoms with Gasteiger partial charge in [-0.3, -0.25) is 0 Å². The quantitative estimate of drug-likeness (QED) is 0.719. The Hall–Kier alpha value is -1.38. The molecule has 0 saturated carbocycles. The van der Waals surface area contributed by atoms with E-state index in [4.69, 9.17) is 0 Å². The number of nitrogens with one attached hydrogen (secondary N) is 1. The molecule has 0 fully saturated rings. The van der Waals surface area contributed by atoms with Crippen LogP contribution in [0.1, 0.15) is 19.4 Å². The first-order chi connectivity index (χ1) is 6.18. The largest absolute Gasteiger partial charge is 0.365 e. The molecule has 1 N–H and O–H groups in total. The zero-order chi connectivity index (χ0) is 9.68. The Morgan fingerprint density at radius 3 is 2.92 bits per heavy atom. The van der Waals surface area contributed by atoms with Crippen LogP contribution < -0.4 is 5.32 Å². The van der Waals surface area contributed by atoms with Gasteiger partial charge in [0.15, 0.2) is 0 Å². The Morgan fingerprint density at radius 1 is 1.54 bits per heavy atom. The van der Waals surface area contributed by atoms with Crippen molar-refractivity contribution in [3.8, 4) is 0 Å². The molecule has 0 aromatic carbocycles. The van der Waals surface area contributed by atoms with Crippen LogP contribution in [-0.4, -0.2) is 16.7 Å². The van der Waals surface area contributed by atoms with Gasteiger partial charge in [-0.25, -0.2) is 0 Å². The van der Waals surface area contributed by atoms with Gasteiger partial charge in [-0.2, -0.15) is 5.10 Å². The van der Waals surface area contributed by atoms with E-state index in [1.165, 1.54) is 5.57 Å². The highest BCUT2D eigenvalue weighted by Crippen LogP contribution is 2.02. The molecular formula is C10H15N3. The van der Waals surface area contributed by atoms with Crippen molar-refractivity contribution in [3.05, 3.63) is 29.5 Å². The van der Waals surface area contributed by atoms with Gasteiger partial charge in [0.1, 0.15) is 5.82 Å². The van der Waals surface area contributed by atoms with E-state index >= 15 is 0 Å². The summed E-state index contributed by atoms with van der Waals surface area (Å²) in [5.41, 5.74) is 2.42. The lowest BCUT2D eigenvalue weighted by Crippen LogP contribution is -2.02. The maximum absolute atomic E-state index is 3.95. The number of rotatable bonds is 3. The van der Waals surface area contributed by atoms with Crippen LogP contribution in [0.4, 0.5) is 5.82 Å². The SMILES string of the molecule is CC(C)=CCNc1cc(C)cnn1. The molecule has 3 heteroatoms. The molecule has 0 spiro atoms. The van der Waals surface area contributed by atoms with Crippen LogP contribution in [-0.2, 0) is 0 Å². The van der Waals surface area contributed by atoms with Gasteiger partial charge in [-0.15, -0.1) is 5.10 Å². The third-order valence-electron chi connectivity index (χ3n) is 1.58. The summed E-state index contributed by atoms with van der Waals surface area (Å²) in [6, 6.07) is 1.98. The highest BCUT2D eigenvalue weighted by atomic mass is 15.2. The molecule has 1 heterocycles. The van der Waals surface area contributed by atoms with E-state index in [-0.39, 0.29) is 0 Å². The first kappa shape index (κ1) is 9.71. The Bertz CT molecular complexity index is 301. The smallest absolute Gasteiger partial charge is 0.149 e. The minimum atomic E-state index is 0.806. The monoisotopic (exact) mass is 177 g/mol. The molecule has 0 unspecified atom stereocenters. The van der Waals surface area contributed by atoms with Crippen LogP contribution in [0.5, 0.6) is 0 Å². The minimum Gasteiger partial charge on any atom is -0.365 e. The van der Waals surface area contributed by atoms with Crippen molar-refractivity contribution in [2.75, 3.05) is 11.9 Å². The number of allylic oxidation sites excluding steroid dienone is 1. The van der Waals surface area contributed by atoms with Gasteiger partial charge in [0, 0.05) is 6.54 Å². The Kier molecular flexibility index (Phi) is 3.43. The molecule has 70 valence electrons. The van der Waals surface area contributed by atoms with Crippen LogP contribution in [0.15, 0.2) is 23.9 Å². The summed E-state index contributed by atoms with van der Waals surface area (Å²) in [6.07, 6.45) is 3.86. The second-order valence-corrected chi connectivity index (χ2v) is 3.28. The summed E-state index contributed by atoms with van der Waals surface area (Å²) in [4.78, 5) is 0. The van der Waals surface area contributed by atoms with E-state index in [1.807, 2.05) is 13.0 Å². The maximum Gasteiger partial charge on any atom is 0.149 e. The molecule has 0 bridgehead atoms. The van der Waals surface area contributed by atoms with Crippen molar-refractivity contribution < 1.29 is 0 Å².